The van der Waals surface area contributed by atoms with Crippen LogP contribution in [0.15, 0.2) is 0 Å². The van der Waals surface area contributed by atoms with Crippen LogP contribution in [0.25, 0.3) is 0 Å². The van der Waals surface area contributed by atoms with E-state index in [0.717, 1.165) is 19.4 Å². The molecule has 0 saturated heterocycles. The fourth-order valence-corrected chi connectivity index (χ4v) is 3.65. The van der Waals surface area contributed by atoms with Crippen LogP contribution in [-0.4, -0.2) is 23.1 Å². The van der Waals surface area contributed by atoms with Gasteiger partial charge in [0.15, 0.2) is 0 Å². The molecule has 0 bridgehead atoms. The molecule has 1 aliphatic rings. The summed E-state index contributed by atoms with van der Waals surface area (Å²) in [6, 6.07) is 2.47. The maximum absolute atomic E-state index is 9.22. The lowest BCUT2D eigenvalue weighted by Crippen LogP contribution is -2.41. The van der Waals surface area contributed by atoms with Crippen molar-refractivity contribution in [1.82, 2.24) is 5.32 Å². The first kappa shape index (κ1) is 12.9. The van der Waals surface area contributed by atoms with Crippen molar-refractivity contribution in [2.45, 2.75) is 56.7 Å². The van der Waals surface area contributed by atoms with E-state index < -0.39 is 0 Å². The minimum atomic E-state index is -0.210. The van der Waals surface area contributed by atoms with Crippen LogP contribution in [0.1, 0.15) is 46.0 Å². The highest BCUT2D eigenvalue weighted by Crippen LogP contribution is 2.36. The van der Waals surface area contributed by atoms with Crippen molar-refractivity contribution in [3.8, 4) is 6.07 Å². The molecule has 0 radical (unpaired) electrons. The molecule has 2 atom stereocenters. The number of unbranched alkanes of at least 4 members (excludes halogenated alkanes) is 1. The molecule has 1 fully saturated rings. The molecule has 0 heterocycles. The highest BCUT2D eigenvalue weighted by atomic mass is 32.2. The van der Waals surface area contributed by atoms with Crippen LogP contribution in [0, 0.1) is 11.3 Å². The van der Waals surface area contributed by atoms with Crippen LogP contribution in [0.2, 0.25) is 0 Å². The first-order chi connectivity index (χ1) is 7.26. The highest BCUT2D eigenvalue weighted by molar-refractivity contribution is 7.99. The van der Waals surface area contributed by atoms with E-state index in [1.807, 2.05) is 0 Å². The molecule has 2 nitrogen and oxygen atoms in total. The standard InChI is InChI=1S/C12H22N2S/c1-3-5-8-15-11-6-7-12(9-11,10-13)14-4-2/h11,14H,3-9H2,1-2H3. The molecule has 0 aromatic heterocycles. The van der Waals surface area contributed by atoms with Gasteiger partial charge in [-0.15, -0.1) is 0 Å². The zero-order valence-electron chi connectivity index (χ0n) is 9.88. The van der Waals surface area contributed by atoms with E-state index in [1.54, 1.807) is 0 Å². The summed E-state index contributed by atoms with van der Waals surface area (Å²) in [4.78, 5) is 0. The van der Waals surface area contributed by atoms with Crippen LogP contribution >= 0.6 is 11.8 Å². The smallest absolute Gasteiger partial charge is 0.107 e. The highest BCUT2D eigenvalue weighted by Gasteiger charge is 2.38. The van der Waals surface area contributed by atoms with Gasteiger partial charge in [-0.3, -0.25) is 5.32 Å². The summed E-state index contributed by atoms with van der Waals surface area (Å²) in [5, 5.41) is 13.3. The molecule has 1 rings (SSSR count). The molecule has 0 aromatic carbocycles. The van der Waals surface area contributed by atoms with Crippen LogP contribution in [-0.2, 0) is 0 Å². The third-order valence-electron chi connectivity index (χ3n) is 3.05. The van der Waals surface area contributed by atoms with E-state index in [9.17, 15) is 5.26 Å². The molecule has 0 aromatic rings. The second-order valence-corrected chi connectivity index (χ2v) is 5.72. The third-order valence-corrected chi connectivity index (χ3v) is 4.45. The van der Waals surface area contributed by atoms with Gasteiger partial charge >= 0.3 is 0 Å². The molecule has 0 aliphatic heterocycles. The Balaban J connectivity index is 2.33. The van der Waals surface area contributed by atoms with Crippen LogP contribution in [0.3, 0.4) is 0 Å². The average molecular weight is 226 g/mol. The summed E-state index contributed by atoms with van der Waals surface area (Å²) >= 11 is 2.06. The fraction of sp³-hybridized carbons (Fsp3) is 0.917. The number of hydrogen-bond donors (Lipinski definition) is 1. The molecule has 15 heavy (non-hydrogen) atoms. The minimum absolute atomic E-state index is 0.210. The predicted molar refractivity (Wildman–Crippen MR) is 67.0 cm³/mol. The lowest BCUT2D eigenvalue weighted by atomic mass is 10.0. The summed E-state index contributed by atoms with van der Waals surface area (Å²) < 4.78 is 0. The number of nitrogens with one attached hydrogen (secondary N) is 1. The number of rotatable bonds is 6. The Kier molecular flexibility index (Phi) is 5.49. The number of nitrogens with zero attached hydrogens (tertiary/aromatic N) is 1. The molecule has 0 amide bonds. The van der Waals surface area contributed by atoms with Crippen molar-refractivity contribution in [3.63, 3.8) is 0 Å². The monoisotopic (exact) mass is 226 g/mol. The van der Waals surface area contributed by atoms with Gasteiger partial charge in [-0.05, 0) is 38.0 Å². The van der Waals surface area contributed by atoms with Crippen molar-refractivity contribution in [2.24, 2.45) is 0 Å². The SMILES string of the molecule is CCCCSC1CCC(C#N)(NCC)C1. The molecule has 0 spiro atoms. The fourth-order valence-electron chi connectivity index (χ4n) is 2.18. The zero-order chi connectivity index (χ0) is 11.1. The lowest BCUT2D eigenvalue weighted by molar-refractivity contribution is 0.436. The second kappa shape index (κ2) is 6.40. The van der Waals surface area contributed by atoms with E-state index in [-0.39, 0.29) is 5.54 Å². The van der Waals surface area contributed by atoms with Crippen molar-refractivity contribution in [2.75, 3.05) is 12.3 Å². The van der Waals surface area contributed by atoms with Gasteiger partial charge in [-0.1, -0.05) is 20.3 Å². The zero-order valence-corrected chi connectivity index (χ0v) is 10.7. The number of hydrogen-bond acceptors (Lipinski definition) is 3. The first-order valence-corrected chi connectivity index (χ1v) is 7.09. The summed E-state index contributed by atoms with van der Waals surface area (Å²) in [7, 11) is 0. The number of nitriles is 1. The summed E-state index contributed by atoms with van der Waals surface area (Å²) in [5.74, 6) is 1.26. The Morgan fingerprint density at radius 2 is 2.33 bits per heavy atom. The topological polar surface area (TPSA) is 35.8 Å². The molecule has 1 aliphatic carbocycles. The van der Waals surface area contributed by atoms with E-state index >= 15 is 0 Å². The van der Waals surface area contributed by atoms with Gasteiger partial charge in [0.2, 0.25) is 0 Å². The summed E-state index contributed by atoms with van der Waals surface area (Å²) in [6.07, 6.45) is 5.85. The molecule has 1 N–H and O–H groups in total. The van der Waals surface area contributed by atoms with Crippen molar-refractivity contribution in [3.05, 3.63) is 0 Å². The molecule has 1 saturated carbocycles. The Morgan fingerprint density at radius 1 is 1.53 bits per heavy atom. The Morgan fingerprint density at radius 3 is 2.93 bits per heavy atom. The van der Waals surface area contributed by atoms with Crippen LogP contribution in [0.5, 0.6) is 0 Å². The summed E-state index contributed by atoms with van der Waals surface area (Å²) in [5.41, 5.74) is -0.210. The Bertz CT molecular complexity index is 224. The molecule has 3 heteroatoms. The predicted octanol–water partition coefficient (Wildman–Crippen LogP) is 2.94. The minimum Gasteiger partial charge on any atom is -0.300 e. The van der Waals surface area contributed by atoms with Gasteiger partial charge in [0.1, 0.15) is 5.54 Å². The maximum atomic E-state index is 9.22. The van der Waals surface area contributed by atoms with Crippen LogP contribution in [0.4, 0.5) is 0 Å². The van der Waals surface area contributed by atoms with E-state index in [4.69, 9.17) is 0 Å². The molecular weight excluding hydrogens is 204 g/mol. The van der Waals surface area contributed by atoms with Gasteiger partial charge in [-0.2, -0.15) is 17.0 Å². The van der Waals surface area contributed by atoms with Gasteiger partial charge in [-0.25, -0.2) is 0 Å². The number of thioether (sulfide) groups is 1. The van der Waals surface area contributed by atoms with Gasteiger partial charge < -0.3 is 0 Å². The van der Waals surface area contributed by atoms with Crippen LogP contribution < -0.4 is 5.32 Å². The summed E-state index contributed by atoms with van der Waals surface area (Å²) in [6.45, 7) is 5.21. The van der Waals surface area contributed by atoms with E-state index in [2.05, 4.69) is 37.0 Å². The van der Waals surface area contributed by atoms with Crippen molar-refractivity contribution >= 4 is 11.8 Å². The normalized spacial score (nSPS) is 30.3. The van der Waals surface area contributed by atoms with Gasteiger partial charge in [0.05, 0.1) is 6.07 Å². The second-order valence-electron chi connectivity index (χ2n) is 4.31. The average Bonchev–Trinajstić information content (AvgIpc) is 2.64. The Labute approximate surface area is 97.8 Å². The van der Waals surface area contributed by atoms with Gasteiger partial charge in [0, 0.05) is 5.25 Å². The largest absolute Gasteiger partial charge is 0.300 e. The Hall–Kier alpha value is -0.200. The third kappa shape index (κ3) is 3.70. The van der Waals surface area contributed by atoms with Crippen molar-refractivity contribution < 1.29 is 0 Å². The van der Waals surface area contributed by atoms with Gasteiger partial charge in [0.25, 0.3) is 0 Å². The maximum Gasteiger partial charge on any atom is 0.107 e. The first-order valence-electron chi connectivity index (χ1n) is 6.04. The molecule has 86 valence electrons. The van der Waals surface area contributed by atoms with E-state index in [0.29, 0.717) is 5.25 Å². The van der Waals surface area contributed by atoms with Crippen molar-refractivity contribution in [1.29, 1.82) is 5.26 Å². The quantitative estimate of drug-likeness (QED) is 0.707. The molecular formula is C12H22N2S. The lowest BCUT2D eigenvalue weighted by Gasteiger charge is -2.21. The van der Waals surface area contributed by atoms with E-state index in [1.165, 1.54) is 25.0 Å². The molecule has 2 unspecified atom stereocenters.